The van der Waals surface area contributed by atoms with Crippen molar-refractivity contribution in [1.82, 2.24) is 4.90 Å². The van der Waals surface area contributed by atoms with Crippen molar-refractivity contribution in [3.05, 3.63) is 0 Å². The van der Waals surface area contributed by atoms with Crippen LogP contribution in [0.2, 0.25) is 5.31 Å². The van der Waals surface area contributed by atoms with Gasteiger partial charge in [0.2, 0.25) is 0 Å². The molecule has 2 nitrogen and oxygen atoms in total. The van der Waals surface area contributed by atoms with Gasteiger partial charge in [-0.3, -0.25) is 4.90 Å². The molecule has 0 bridgehead atoms. The Hall–Kier alpha value is -0.0151. The Balaban J connectivity index is 1.94. The van der Waals surface area contributed by atoms with Crippen LogP contribution >= 0.6 is 0 Å². The molecule has 3 fully saturated rings. The molecule has 1 aliphatic carbocycles. The summed E-state index contributed by atoms with van der Waals surface area (Å²) in [5.41, 5.74) is 0.812. The first-order chi connectivity index (χ1) is 9.22. The predicted octanol–water partition coefficient (Wildman–Crippen LogP) is 2.73. The normalized spacial score (nSPS) is 43.3. The highest BCUT2D eigenvalue weighted by Crippen LogP contribution is 2.63. The summed E-state index contributed by atoms with van der Waals surface area (Å²) in [7, 11) is 2.49. The molecule has 0 aromatic carbocycles. The lowest BCUT2D eigenvalue weighted by Crippen LogP contribution is -2.73. The van der Waals surface area contributed by atoms with E-state index in [4.69, 9.17) is 4.74 Å². The molecule has 1 saturated carbocycles. The Bertz CT molecular complexity index is 386. The fourth-order valence-electron chi connectivity index (χ4n) is 5.43. The maximum atomic E-state index is 5.72. The lowest BCUT2D eigenvalue weighted by Gasteiger charge is -2.67. The summed E-state index contributed by atoms with van der Waals surface area (Å²) >= 11 is 0. The summed E-state index contributed by atoms with van der Waals surface area (Å²) in [6, 6.07) is 0.651. The van der Waals surface area contributed by atoms with Gasteiger partial charge in [0.05, 0.1) is 18.8 Å². The van der Waals surface area contributed by atoms with Gasteiger partial charge in [0.1, 0.15) is 7.85 Å². The van der Waals surface area contributed by atoms with Gasteiger partial charge < -0.3 is 4.74 Å². The number of rotatable bonds is 1. The SMILES string of the molecule is BC1(C)CCC2C(CCN(C(C)C)C23COC3)C1(C)C. The van der Waals surface area contributed by atoms with Crippen LogP contribution < -0.4 is 0 Å². The van der Waals surface area contributed by atoms with Gasteiger partial charge in [0, 0.05) is 6.04 Å². The molecule has 0 aromatic rings. The van der Waals surface area contributed by atoms with Gasteiger partial charge in [0.25, 0.3) is 0 Å². The predicted molar refractivity (Wildman–Crippen MR) is 86.9 cm³/mol. The van der Waals surface area contributed by atoms with E-state index in [1.165, 1.54) is 25.8 Å². The summed E-state index contributed by atoms with van der Waals surface area (Å²) in [5.74, 6) is 1.71. The summed E-state index contributed by atoms with van der Waals surface area (Å²) in [6.07, 6.45) is 4.14. The van der Waals surface area contributed by atoms with E-state index in [1.54, 1.807) is 0 Å². The zero-order valence-electron chi connectivity index (χ0n) is 14.3. The molecule has 2 saturated heterocycles. The highest BCUT2D eigenvalue weighted by atomic mass is 16.5. The van der Waals surface area contributed by atoms with E-state index < -0.39 is 0 Å². The highest BCUT2D eigenvalue weighted by Gasteiger charge is 2.61. The van der Waals surface area contributed by atoms with E-state index in [2.05, 4.69) is 47.4 Å². The molecule has 3 unspecified atom stereocenters. The Labute approximate surface area is 126 Å². The number of fused-ring (bicyclic) bond motifs is 2. The molecule has 0 aromatic heterocycles. The summed E-state index contributed by atoms with van der Waals surface area (Å²) in [4.78, 5) is 2.77. The Morgan fingerprint density at radius 2 is 1.75 bits per heavy atom. The molecule has 20 heavy (non-hydrogen) atoms. The number of piperidine rings is 1. The second kappa shape index (κ2) is 4.49. The minimum atomic E-state index is 0.366. The fraction of sp³-hybridized carbons (Fsp3) is 1.00. The largest absolute Gasteiger partial charge is 0.377 e. The van der Waals surface area contributed by atoms with Crippen LogP contribution in [0.4, 0.5) is 0 Å². The van der Waals surface area contributed by atoms with Gasteiger partial charge in [-0.2, -0.15) is 0 Å². The molecule has 1 spiro atoms. The number of ether oxygens (including phenoxy) is 1. The average Bonchev–Trinajstić information content (AvgIpc) is 2.30. The van der Waals surface area contributed by atoms with Crippen LogP contribution in [0, 0.1) is 17.3 Å². The molecular formula is C17H32BNO. The zero-order valence-corrected chi connectivity index (χ0v) is 14.3. The van der Waals surface area contributed by atoms with Gasteiger partial charge in [0.15, 0.2) is 0 Å². The van der Waals surface area contributed by atoms with Crippen LogP contribution in [0.5, 0.6) is 0 Å². The van der Waals surface area contributed by atoms with Crippen molar-refractivity contribution in [2.75, 3.05) is 19.8 Å². The molecule has 0 N–H and O–H groups in total. The second-order valence-corrected chi connectivity index (χ2v) is 9.03. The van der Waals surface area contributed by atoms with Gasteiger partial charge in [-0.25, -0.2) is 0 Å². The van der Waals surface area contributed by atoms with Crippen LogP contribution in [0.1, 0.15) is 53.9 Å². The van der Waals surface area contributed by atoms with Crippen LogP contribution in [-0.2, 0) is 4.74 Å². The lowest BCUT2D eigenvalue weighted by molar-refractivity contribution is -0.229. The molecule has 0 radical (unpaired) electrons. The standard InChI is InChI=1S/C17H32BNO/c1-12(2)19-9-7-13-14(17(19)10-20-11-17)6-8-16(5,18)15(13,3)4/h12-14H,6-11,18H2,1-5H3. The van der Waals surface area contributed by atoms with E-state index in [0.717, 1.165) is 25.0 Å². The molecule has 3 heteroatoms. The van der Waals surface area contributed by atoms with E-state index in [0.29, 0.717) is 22.3 Å². The number of likely N-dealkylation sites (tertiary alicyclic amines) is 1. The average molecular weight is 277 g/mol. The minimum absolute atomic E-state index is 0.366. The third-order valence-electron chi connectivity index (χ3n) is 7.51. The molecule has 3 aliphatic rings. The Morgan fingerprint density at radius 3 is 2.25 bits per heavy atom. The third kappa shape index (κ3) is 1.78. The first-order valence-electron chi connectivity index (χ1n) is 8.57. The monoisotopic (exact) mass is 277 g/mol. The van der Waals surface area contributed by atoms with Crippen molar-refractivity contribution in [2.45, 2.75) is 70.8 Å². The van der Waals surface area contributed by atoms with Crippen molar-refractivity contribution in [1.29, 1.82) is 0 Å². The van der Waals surface area contributed by atoms with Crippen LogP contribution in [0.15, 0.2) is 0 Å². The molecule has 0 amide bonds. The highest BCUT2D eigenvalue weighted by molar-refractivity contribution is 6.15. The molecule has 2 aliphatic heterocycles. The lowest BCUT2D eigenvalue weighted by atomic mass is 9.41. The Kier molecular flexibility index (Phi) is 3.35. The van der Waals surface area contributed by atoms with Crippen LogP contribution in [-0.4, -0.2) is 44.1 Å². The van der Waals surface area contributed by atoms with Crippen molar-refractivity contribution in [3.63, 3.8) is 0 Å². The maximum absolute atomic E-state index is 5.72. The zero-order chi connectivity index (χ0) is 14.8. The minimum Gasteiger partial charge on any atom is -0.377 e. The number of hydrogen-bond donors (Lipinski definition) is 0. The van der Waals surface area contributed by atoms with Crippen LogP contribution in [0.25, 0.3) is 0 Å². The third-order valence-corrected chi connectivity index (χ3v) is 7.51. The van der Waals surface area contributed by atoms with Gasteiger partial charge in [-0.15, -0.1) is 0 Å². The molecule has 2 heterocycles. The quantitative estimate of drug-likeness (QED) is 0.683. The number of hydrogen-bond acceptors (Lipinski definition) is 2. The summed E-state index contributed by atoms with van der Waals surface area (Å²) < 4.78 is 5.72. The van der Waals surface area contributed by atoms with E-state index in [1.807, 2.05) is 0 Å². The van der Waals surface area contributed by atoms with Gasteiger partial charge in [-0.05, 0) is 50.5 Å². The van der Waals surface area contributed by atoms with E-state index in [-0.39, 0.29) is 0 Å². The van der Waals surface area contributed by atoms with Crippen LogP contribution in [0.3, 0.4) is 0 Å². The number of nitrogens with zero attached hydrogens (tertiary/aromatic N) is 1. The van der Waals surface area contributed by atoms with Crippen molar-refractivity contribution < 1.29 is 4.74 Å². The van der Waals surface area contributed by atoms with Gasteiger partial charge in [-0.1, -0.05) is 32.5 Å². The van der Waals surface area contributed by atoms with Gasteiger partial charge >= 0.3 is 0 Å². The van der Waals surface area contributed by atoms with Crippen molar-refractivity contribution in [3.8, 4) is 0 Å². The maximum Gasteiger partial charge on any atom is 0.109 e. The molecule has 3 rings (SSSR count). The van der Waals surface area contributed by atoms with E-state index in [9.17, 15) is 0 Å². The fourth-order valence-corrected chi connectivity index (χ4v) is 5.43. The molecule has 114 valence electrons. The summed E-state index contributed by atoms with van der Waals surface area (Å²) in [5, 5.41) is 0.472. The first kappa shape index (κ1) is 14.9. The second-order valence-electron chi connectivity index (χ2n) is 9.03. The van der Waals surface area contributed by atoms with Crippen molar-refractivity contribution in [2.24, 2.45) is 17.3 Å². The summed E-state index contributed by atoms with van der Waals surface area (Å²) in [6.45, 7) is 15.5. The smallest absolute Gasteiger partial charge is 0.109 e. The van der Waals surface area contributed by atoms with Crippen molar-refractivity contribution >= 4 is 7.85 Å². The topological polar surface area (TPSA) is 12.5 Å². The Morgan fingerprint density at radius 1 is 1.10 bits per heavy atom. The molecule has 3 atom stereocenters. The molecular weight excluding hydrogens is 245 g/mol. The first-order valence-corrected chi connectivity index (χ1v) is 8.57. The van der Waals surface area contributed by atoms with E-state index >= 15 is 0 Å².